The largest absolute Gasteiger partial charge is 0.496 e. The molecule has 0 saturated carbocycles. The number of fused-ring (bicyclic) bond motifs is 2. The number of benzene rings is 2. The molecule has 32 heavy (non-hydrogen) atoms. The highest BCUT2D eigenvalue weighted by Crippen LogP contribution is 2.41. The number of para-hydroxylation sites is 1. The molecule has 5 rings (SSSR count). The molecule has 2 fully saturated rings. The number of piperidine rings is 1. The summed E-state index contributed by atoms with van der Waals surface area (Å²) < 4.78 is 17.9. The van der Waals surface area contributed by atoms with Gasteiger partial charge in [0.05, 0.1) is 30.9 Å². The van der Waals surface area contributed by atoms with E-state index in [0.29, 0.717) is 17.9 Å². The van der Waals surface area contributed by atoms with Gasteiger partial charge in [-0.3, -0.25) is 4.79 Å². The quantitative estimate of drug-likeness (QED) is 0.777. The first kappa shape index (κ1) is 21.3. The van der Waals surface area contributed by atoms with Crippen LogP contribution in [0.5, 0.6) is 11.5 Å². The van der Waals surface area contributed by atoms with Crippen LogP contribution in [0.15, 0.2) is 42.5 Å². The summed E-state index contributed by atoms with van der Waals surface area (Å²) >= 11 is 0. The van der Waals surface area contributed by atoms with E-state index >= 15 is 0 Å². The van der Waals surface area contributed by atoms with E-state index in [1.807, 2.05) is 29.2 Å². The zero-order valence-electron chi connectivity index (χ0n) is 18.8. The van der Waals surface area contributed by atoms with E-state index < -0.39 is 0 Å². The van der Waals surface area contributed by atoms with Crippen LogP contribution in [0.1, 0.15) is 47.2 Å². The minimum atomic E-state index is -0.138. The molecule has 170 valence electrons. The van der Waals surface area contributed by atoms with Gasteiger partial charge in [-0.2, -0.15) is 0 Å². The van der Waals surface area contributed by atoms with Crippen molar-refractivity contribution in [2.75, 3.05) is 40.0 Å². The molecule has 0 aromatic heterocycles. The summed E-state index contributed by atoms with van der Waals surface area (Å²) in [6.45, 7) is 4.01. The van der Waals surface area contributed by atoms with Crippen molar-refractivity contribution in [1.82, 2.24) is 10.2 Å². The van der Waals surface area contributed by atoms with E-state index in [2.05, 4.69) is 23.5 Å². The fourth-order valence-electron chi connectivity index (χ4n) is 5.43. The highest BCUT2D eigenvalue weighted by atomic mass is 16.5. The molecule has 1 amide bonds. The smallest absolute Gasteiger partial charge is 0.257 e. The molecule has 3 aliphatic rings. The number of rotatable bonds is 5. The molecule has 1 spiro atoms. The Morgan fingerprint density at radius 2 is 2.06 bits per heavy atom. The van der Waals surface area contributed by atoms with Gasteiger partial charge in [0.15, 0.2) is 0 Å². The first-order valence-electron chi connectivity index (χ1n) is 11.7. The van der Waals surface area contributed by atoms with Crippen molar-refractivity contribution in [3.8, 4) is 11.5 Å². The van der Waals surface area contributed by atoms with Crippen molar-refractivity contribution >= 4 is 5.91 Å². The number of carbonyl (C=O) groups is 1. The average molecular weight is 437 g/mol. The molecule has 2 aromatic rings. The first-order chi connectivity index (χ1) is 15.7. The molecule has 0 aliphatic carbocycles. The van der Waals surface area contributed by atoms with Crippen LogP contribution in [0.4, 0.5) is 0 Å². The molecule has 0 radical (unpaired) electrons. The fourth-order valence-corrected chi connectivity index (χ4v) is 5.43. The number of methoxy groups -OCH3 is 1. The lowest BCUT2D eigenvalue weighted by atomic mass is 9.80. The number of hydrogen-bond donors (Lipinski definition) is 1. The Kier molecular flexibility index (Phi) is 6.07. The van der Waals surface area contributed by atoms with Crippen molar-refractivity contribution in [2.45, 2.75) is 43.7 Å². The summed E-state index contributed by atoms with van der Waals surface area (Å²) in [6.07, 6.45) is 4.90. The molecule has 3 heterocycles. The van der Waals surface area contributed by atoms with Gasteiger partial charge in [0.2, 0.25) is 0 Å². The van der Waals surface area contributed by atoms with E-state index in [1.165, 1.54) is 11.1 Å². The van der Waals surface area contributed by atoms with Gasteiger partial charge >= 0.3 is 0 Å². The summed E-state index contributed by atoms with van der Waals surface area (Å²) in [4.78, 5) is 15.1. The van der Waals surface area contributed by atoms with E-state index in [0.717, 1.165) is 64.1 Å². The minimum absolute atomic E-state index is 0.0176. The normalized spacial score (nSPS) is 21.9. The summed E-state index contributed by atoms with van der Waals surface area (Å²) in [5.41, 5.74) is 3.14. The molecular weight excluding hydrogens is 404 g/mol. The lowest BCUT2D eigenvalue weighted by Gasteiger charge is -2.42. The second-order valence-corrected chi connectivity index (χ2v) is 8.97. The molecule has 1 atom stereocenters. The molecule has 2 saturated heterocycles. The lowest BCUT2D eigenvalue weighted by molar-refractivity contribution is -0.0802. The number of hydrogen-bond acceptors (Lipinski definition) is 5. The van der Waals surface area contributed by atoms with Gasteiger partial charge in [0.25, 0.3) is 5.91 Å². The zero-order chi connectivity index (χ0) is 22.0. The fraction of sp³-hybridized carbons (Fsp3) is 0.500. The third kappa shape index (κ3) is 3.97. The molecule has 3 aliphatic heterocycles. The van der Waals surface area contributed by atoms with Crippen molar-refractivity contribution in [2.24, 2.45) is 0 Å². The minimum Gasteiger partial charge on any atom is -0.496 e. The number of nitrogens with one attached hydrogen (secondary N) is 1. The number of nitrogens with zero attached hydrogens (tertiary/aromatic N) is 1. The Morgan fingerprint density at radius 3 is 2.91 bits per heavy atom. The summed E-state index contributed by atoms with van der Waals surface area (Å²) in [5, 5.41) is 3.44. The van der Waals surface area contributed by atoms with Crippen LogP contribution >= 0.6 is 0 Å². The van der Waals surface area contributed by atoms with Crippen LogP contribution in [0.2, 0.25) is 0 Å². The maximum absolute atomic E-state index is 13.2. The summed E-state index contributed by atoms with van der Waals surface area (Å²) in [6, 6.07) is 13.9. The second kappa shape index (κ2) is 9.12. The Labute approximate surface area is 189 Å². The van der Waals surface area contributed by atoms with Crippen LogP contribution in [-0.4, -0.2) is 56.8 Å². The van der Waals surface area contributed by atoms with Crippen LogP contribution in [-0.2, 0) is 16.8 Å². The van der Waals surface area contributed by atoms with E-state index in [9.17, 15) is 4.79 Å². The number of ether oxygens (including phenoxy) is 3. The Bertz CT molecular complexity index is 970. The summed E-state index contributed by atoms with van der Waals surface area (Å²) in [5.74, 6) is 1.52. The van der Waals surface area contributed by atoms with Gasteiger partial charge in [-0.1, -0.05) is 18.2 Å². The average Bonchev–Trinajstić information content (AvgIpc) is 3.31. The highest BCUT2D eigenvalue weighted by Gasteiger charge is 2.39. The maximum atomic E-state index is 13.2. The molecule has 6 nitrogen and oxygen atoms in total. The van der Waals surface area contributed by atoms with Gasteiger partial charge in [-0.15, -0.1) is 0 Å². The topological polar surface area (TPSA) is 60.0 Å². The molecule has 2 aromatic carbocycles. The number of likely N-dealkylation sites (tertiary alicyclic amines) is 1. The molecule has 0 bridgehead atoms. The lowest BCUT2D eigenvalue weighted by Crippen LogP contribution is -2.44. The van der Waals surface area contributed by atoms with Crippen LogP contribution in [0.25, 0.3) is 0 Å². The van der Waals surface area contributed by atoms with Crippen molar-refractivity contribution in [3.05, 3.63) is 59.2 Å². The number of amides is 1. The van der Waals surface area contributed by atoms with Crippen LogP contribution < -0.4 is 14.8 Å². The zero-order valence-corrected chi connectivity index (χ0v) is 18.8. The van der Waals surface area contributed by atoms with E-state index in [-0.39, 0.29) is 17.6 Å². The van der Waals surface area contributed by atoms with E-state index in [4.69, 9.17) is 14.2 Å². The van der Waals surface area contributed by atoms with Gasteiger partial charge < -0.3 is 24.4 Å². The van der Waals surface area contributed by atoms with Gasteiger partial charge in [-0.05, 0) is 80.6 Å². The standard InChI is InChI=1S/C26H32N2O4/c1-30-24-7-3-2-6-22(24)25(29)28-15-4-5-20(28)18-31-21-8-9-23-19(17-21)10-16-32-26(23)11-13-27-14-12-26/h2-3,6-9,17,20,27H,4-5,10-16,18H2,1H3/t20-/m1/s1. The van der Waals surface area contributed by atoms with Crippen LogP contribution in [0.3, 0.4) is 0 Å². The Balaban J connectivity index is 1.28. The third-order valence-electron chi connectivity index (χ3n) is 7.15. The van der Waals surface area contributed by atoms with Gasteiger partial charge in [0.1, 0.15) is 18.1 Å². The first-order valence-corrected chi connectivity index (χ1v) is 11.7. The predicted molar refractivity (Wildman–Crippen MR) is 122 cm³/mol. The predicted octanol–water partition coefficient (Wildman–Crippen LogP) is 3.53. The molecule has 1 N–H and O–H groups in total. The Hall–Kier alpha value is -2.57. The van der Waals surface area contributed by atoms with Gasteiger partial charge in [0, 0.05) is 6.54 Å². The summed E-state index contributed by atoms with van der Waals surface area (Å²) in [7, 11) is 1.60. The molecule has 6 heteroatoms. The monoisotopic (exact) mass is 436 g/mol. The van der Waals surface area contributed by atoms with Crippen LogP contribution in [0, 0.1) is 0 Å². The molecule has 0 unspecified atom stereocenters. The SMILES string of the molecule is COc1ccccc1C(=O)N1CCC[C@@H]1COc1ccc2c(c1)CCOC21CCNCC1. The Morgan fingerprint density at radius 1 is 1.22 bits per heavy atom. The maximum Gasteiger partial charge on any atom is 0.257 e. The van der Waals surface area contributed by atoms with Gasteiger partial charge in [-0.25, -0.2) is 0 Å². The third-order valence-corrected chi connectivity index (χ3v) is 7.15. The second-order valence-electron chi connectivity index (χ2n) is 8.97. The van der Waals surface area contributed by atoms with E-state index in [1.54, 1.807) is 7.11 Å². The molecular formula is C26H32N2O4. The highest BCUT2D eigenvalue weighted by molar-refractivity contribution is 5.97. The number of carbonyl (C=O) groups excluding carboxylic acids is 1. The van der Waals surface area contributed by atoms with Crippen molar-refractivity contribution in [1.29, 1.82) is 0 Å². The van der Waals surface area contributed by atoms with Crippen molar-refractivity contribution < 1.29 is 19.0 Å². The van der Waals surface area contributed by atoms with Crippen molar-refractivity contribution in [3.63, 3.8) is 0 Å².